The average molecular weight is 363 g/mol. The smallest absolute Gasteiger partial charge is 0.254 e. The van der Waals surface area contributed by atoms with Crippen molar-refractivity contribution in [3.8, 4) is 0 Å². The van der Waals surface area contributed by atoms with Crippen molar-refractivity contribution in [2.24, 2.45) is 0 Å². The van der Waals surface area contributed by atoms with E-state index in [1.54, 1.807) is 65.3 Å². The second-order valence-electron chi connectivity index (χ2n) is 5.65. The molecule has 0 unspecified atom stereocenters. The Labute approximate surface area is 150 Å². The van der Waals surface area contributed by atoms with E-state index in [0.717, 1.165) is 5.69 Å². The van der Waals surface area contributed by atoms with Crippen LogP contribution in [0, 0.1) is 0 Å². The van der Waals surface area contributed by atoms with Gasteiger partial charge in [0.25, 0.3) is 5.91 Å². The molecule has 1 fully saturated rings. The summed E-state index contributed by atoms with van der Waals surface area (Å²) in [5, 5.41) is 1.12. The molecule has 0 aromatic heterocycles. The SMILES string of the molecule is C[C@@H]1C(=O)N(c2ccc(Cl)cc2)CCN1C(=O)c1cccc(Cl)c1. The molecule has 3 rings (SSSR count). The highest BCUT2D eigenvalue weighted by Crippen LogP contribution is 2.24. The molecule has 124 valence electrons. The van der Waals surface area contributed by atoms with Crippen molar-refractivity contribution in [2.45, 2.75) is 13.0 Å². The third-order valence-electron chi connectivity index (χ3n) is 4.13. The van der Waals surface area contributed by atoms with E-state index in [4.69, 9.17) is 23.2 Å². The lowest BCUT2D eigenvalue weighted by atomic mass is 10.1. The highest BCUT2D eigenvalue weighted by atomic mass is 35.5. The van der Waals surface area contributed by atoms with Crippen molar-refractivity contribution >= 4 is 40.7 Å². The second kappa shape index (κ2) is 6.83. The molecule has 0 aliphatic carbocycles. The van der Waals surface area contributed by atoms with Gasteiger partial charge in [-0.25, -0.2) is 0 Å². The van der Waals surface area contributed by atoms with E-state index in [2.05, 4.69) is 0 Å². The third-order valence-corrected chi connectivity index (χ3v) is 4.61. The van der Waals surface area contributed by atoms with Crippen LogP contribution in [-0.2, 0) is 4.79 Å². The summed E-state index contributed by atoms with van der Waals surface area (Å²) < 4.78 is 0. The van der Waals surface area contributed by atoms with Crippen LogP contribution < -0.4 is 4.90 Å². The van der Waals surface area contributed by atoms with E-state index < -0.39 is 6.04 Å². The van der Waals surface area contributed by atoms with Crippen molar-refractivity contribution in [1.29, 1.82) is 0 Å². The zero-order valence-corrected chi connectivity index (χ0v) is 14.6. The van der Waals surface area contributed by atoms with Crippen LogP contribution >= 0.6 is 23.2 Å². The van der Waals surface area contributed by atoms with Gasteiger partial charge in [-0.15, -0.1) is 0 Å². The zero-order valence-electron chi connectivity index (χ0n) is 13.1. The lowest BCUT2D eigenvalue weighted by molar-refractivity contribution is -0.124. The molecule has 2 aromatic carbocycles. The van der Waals surface area contributed by atoms with Gasteiger partial charge in [-0.05, 0) is 49.4 Å². The Bertz CT molecular complexity index is 777. The zero-order chi connectivity index (χ0) is 17.3. The van der Waals surface area contributed by atoms with Gasteiger partial charge in [0.05, 0.1) is 0 Å². The van der Waals surface area contributed by atoms with Crippen molar-refractivity contribution in [3.63, 3.8) is 0 Å². The highest BCUT2D eigenvalue weighted by molar-refractivity contribution is 6.31. The van der Waals surface area contributed by atoms with Crippen LogP contribution in [0.3, 0.4) is 0 Å². The lowest BCUT2D eigenvalue weighted by Gasteiger charge is -2.39. The summed E-state index contributed by atoms with van der Waals surface area (Å²) in [5.41, 5.74) is 1.27. The molecule has 0 radical (unpaired) electrons. The Morgan fingerprint density at radius 2 is 1.75 bits per heavy atom. The van der Waals surface area contributed by atoms with Gasteiger partial charge in [0, 0.05) is 34.4 Å². The fourth-order valence-electron chi connectivity index (χ4n) is 2.81. The van der Waals surface area contributed by atoms with Crippen LogP contribution in [0.5, 0.6) is 0 Å². The summed E-state index contributed by atoms with van der Waals surface area (Å²) in [7, 11) is 0. The average Bonchev–Trinajstić information content (AvgIpc) is 2.58. The van der Waals surface area contributed by atoms with Gasteiger partial charge in [-0.3, -0.25) is 9.59 Å². The van der Waals surface area contributed by atoms with Crippen LogP contribution in [0.15, 0.2) is 48.5 Å². The van der Waals surface area contributed by atoms with Crippen LogP contribution in [-0.4, -0.2) is 35.8 Å². The summed E-state index contributed by atoms with van der Waals surface area (Å²) in [5.74, 6) is -0.298. The first-order chi connectivity index (χ1) is 11.5. The molecular formula is C18H16Cl2N2O2. The van der Waals surface area contributed by atoms with Crippen LogP contribution in [0.1, 0.15) is 17.3 Å². The molecule has 1 heterocycles. The minimum absolute atomic E-state index is 0.112. The Hall–Kier alpha value is -2.04. The number of amides is 2. The predicted octanol–water partition coefficient (Wildman–Crippen LogP) is 3.87. The van der Waals surface area contributed by atoms with Gasteiger partial charge in [0.15, 0.2) is 0 Å². The predicted molar refractivity (Wildman–Crippen MR) is 95.8 cm³/mol. The number of hydrogen-bond donors (Lipinski definition) is 0. The molecule has 0 saturated carbocycles. The molecule has 0 bridgehead atoms. The van der Waals surface area contributed by atoms with Crippen LogP contribution in [0.25, 0.3) is 0 Å². The first kappa shape index (κ1) is 16.8. The second-order valence-corrected chi connectivity index (χ2v) is 6.52. The number of nitrogens with zero attached hydrogens (tertiary/aromatic N) is 2. The Balaban J connectivity index is 1.79. The minimum atomic E-state index is -0.541. The molecule has 0 spiro atoms. The molecule has 4 nitrogen and oxygen atoms in total. The number of benzene rings is 2. The van der Waals surface area contributed by atoms with Gasteiger partial charge in [0.2, 0.25) is 5.91 Å². The Morgan fingerprint density at radius 1 is 1.04 bits per heavy atom. The number of anilines is 1. The van der Waals surface area contributed by atoms with Gasteiger partial charge < -0.3 is 9.80 Å². The van der Waals surface area contributed by atoms with Crippen LogP contribution in [0.2, 0.25) is 10.0 Å². The summed E-state index contributed by atoms with van der Waals surface area (Å²) in [6, 6.07) is 13.3. The van der Waals surface area contributed by atoms with Crippen molar-refractivity contribution < 1.29 is 9.59 Å². The first-order valence-electron chi connectivity index (χ1n) is 7.61. The van der Waals surface area contributed by atoms with E-state index in [0.29, 0.717) is 28.7 Å². The van der Waals surface area contributed by atoms with Gasteiger partial charge >= 0.3 is 0 Å². The number of carbonyl (C=O) groups excluding carboxylic acids is 2. The van der Waals surface area contributed by atoms with E-state index in [-0.39, 0.29) is 11.8 Å². The number of hydrogen-bond acceptors (Lipinski definition) is 2. The quantitative estimate of drug-likeness (QED) is 0.813. The van der Waals surface area contributed by atoms with Crippen molar-refractivity contribution in [1.82, 2.24) is 4.90 Å². The van der Waals surface area contributed by atoms with E-state index in [1.165, 1.54) is 0 Å². The van der Waals surface area contributed by atoms with Gasteiger partial charge in [0.1, 0.15) is 6.04 Å². The molecular weight excluding hydrogens is 347 g/mol. The molecule has 1 atom stereocenters. The number of piperazine rings is 1. The molecule has 1 saturated heterocycles. The molecule has 0 N–H and O–H groups in total. The molecule has 1 aliphatic rings. The van der Waals surface area contributed by atoms with Gasteiger partial charge in [-0.2, -0.15) is 0 Å². The van der Waals surface area contributed by atoms with Gasteiger partial charge in [-0.1, -0.05) is 29.3 Å². The maximum Gasteiger partial charge on any atom is 0.254 e. The standard InChI is InChI=1S/C18H16Cl2N2O2/c1-12-17(23)22(16-7-5-14(19)6-8-16)10-9-21(12)18(24)13-3-2-4-15(20)11-13/h2-8,11-12H,9-10H2,1H3/t12-/m1/s1. The van der Waals surface area contributed by atoms with E-state index in [9.17, 15) is 9.59 Å². The number of rotatable bonds is 2. The molecule has 2 aromatic rings. The maximum absolute atomic E-state index is 12.7. The summed E-state index contributed by atoms with van der Waals surface area (Å²) in [6.45, 7) is 2.64. The minimum Gasteiger partial charge on any atom is -0.325 e. The number of halogens is 2. The molecule has 1 aliphatic heterocycles. The van der Waals surface area contributed by atoms with Crippen molar-refractivity contribution in [2.75, 3.05) is 18.0 Å². The van der Waals surface area contributed by atoms with E-state index >= 15 is 0 Å². The fourth-order valence-corrected chi connectivity index (χ4v) is 3.13. The topological polar surface area (TPSA) is 40.6 Å². The third kappa shape index (κ3) is 3.25. The number of carbonyl (C=O) groups is 2. The molecule has 6 heteroatoms. The van der Waals surface area contributed by atoms with E-state index in [1.807, 2.05) is 0 Å². The first-order valence-corrected chi connectivity index (χ1v) is 8.36. The monoisotopic (exact) mass is 362 g/mol. The summed E-state index contributed by atoms with van der Waals surface area (Å²) >= 11 is 11.8. The Kier molecular flexibility index (Phi) is 4.78. The summed E-state index contributed by atoms with van der Waals surface area (Å²) in [4.78, 5) is 28.6. The fraction of sp³-hybridized carbons (Fsp3) is 0.222. The lowest BCUT2D eigenvalue weighted by Crippen LogP contribution is -2.57. The molecule has 24 heavy (non-hydrogen) atoms. The normalized spacial score (nSPS) is 18.0. The maximum atomic E-state index is 12.7. The van der Waals surface area contributed by atoms with Crippen LogP contribution in [0.4, 0.5) is 5.69 Å². The largest absolute Gasteiger partial charge is 0.325 e. The Morgan fingerprint density at radius 3 is 2.42 bits per heavy atom. The van der Waals surface area contributed by atoms with Crippen molar-refractivity contribution in [3.05, 3.63) is 64.1 Å². The highest BCUT2D eigenvalue weighted by Gasteiger charge is 2.35. The molecule has 2 amide bonds. The summed E-state index contributed by atoms with van der Waals surface area (Å²) in [6.07, 6.45) is 0.